The SMILES string of the molecule is CCNC(C)C(O)(CC(C)C)CC(C)C. The van der Waals surface area contributed by atoms with Crippen molar-refractivity contribution in [2.45, 2.75) is 66.0 Å². The molecule has 0 rings (SSSR count). The van der Waals surface area contributed by atoms with Gasteiger partial charge in [0.15, 0.2) is 0 Å². The Labute approximate surface area is 95.5 Å². The molecule has 0 bridgehead atoms. The van der Waals surface area contributed by atoms with E-state index in [1.807, 2.05) is 0 Å². The van der Waals surface area contributed by atoms with Crippen LogP contribution >= 0.6 is 0 Å². The summed E-state index contributed by atoms with van der Waals surface area (Å²) in [5.41, 5.74) is -0.557. The van der Waals surface area contributed by atoms with E-state index in [2.05, 4.69) is 46.9 Å². The van der Waals surface area contributed by atoms with Gasteiger partial charge in [0.05, 0.1) is 5.60 Å². The highest BCUT2D eigenvalue weighted by Crippen LogP contribution is 2.28. The van der Waals surface area contributed by atoms with Crippen molar-refractivity contribution in [1.82, 2.24) is 5.32 Å². The topological polar surface area (TPSA) is 32.3 Å². The van der Waals surface area contributed by atoms with E-state index in [1.165, 1.54) is 0 Å². The lowest BCUT2D eigenvalue weighted by Crippen LogP contribution is -2.50. The van der Waals surface area contributed by atoms with Crippen molar-refractivity contribution in [2.24, 2.45) is 11.8 Å². The molecule has 92 valence electrons. The molecule has 0 aliphatic rings. The third-order valence-corrected chi connectivity index (χ3v) is 2.84. The molecule has 2 nitrogen and oxygen atoms in total. The van der Waals surface area contributed by atoms with Crippen LogP contribution in [0.25, 0.3) is 0 Å². The molecular weight excluding hydrogens is 186 g/mol. The fraction of sp³-hybridized carbons (Fsp3) is 1.00. The van der Waals surface area contributed by atoms with E-state index in [0.717, 1.165) is 19.4 Å². The zero-order valence-corrected chi connectivity index (χ0v) is 11.3. The first-order chi connectivity index (χ1) is 6.81. The molecule has 0 aromatic carbocycles. The Balaban J connectivity index is 4.52. The average Bonchev–Trinajstić information content (AvgIpc) is 2.01. The Hall–Kier alpha value is -0.0800. The maximum atomic E-state index is 10.7. The molecule has 0 aliphatic heterocycles. The molecule has 0 amide bonds. The minimum absolute atomic E-state index is 0.173. The molecule has 0 spiro atoms. The monoisotopic (exact) mass is 215 g/mol. The third-order valence-electron chi connectivity index (χ3n) is 2.84. The summed E-state index contributed by atoms with van der Waals surface area (Å²) in [7, 11) is 0. The summed E-state index contributed by atoms with van der Waals surface area (Å²) in [5, 5.41) is 14.0. The summed E-state index contributed by atoms with van der Waals surface area (Å²) in [6.07, 6.45) is 1.75. The molecule has 0 radical (unpaired) electrons. The lowest BCUT2D eigenvalue weighted by molar-refractivity contribution is -0.0279. The smallest absolute Gasteiger partial charge is 0.0802 e. The molecule has 0 saturated heterocycles. The van der Waals surface area contributed by atoms with Crippen molar-refractivity contribution in [1.29, 1.82) is 0 Å². The first-order valence-corrected chi connectivity index (χ1v) is 6.27. The first kappa shape index (κ1) is 14.9. The van der Waals surface area contributed by atoms with Gasteiger partial charge >= 0.3 is 0 Å². The number of nitrogens with one attached hydrogen (secondary N) is 1. The predicted octanol–water partition coefficient (Wildman–Crippen LogP) is 2.81. The summed E-state index contributed by atoms with van der Waals surface area (Å²) in [5.74, 6) is 1.07. The molecule has 0 saturated carbocycles. The second-order valence-corrected chi connectivity index (χ2v) is 5.58. The van der Waals surface area contributed by atoms with Gasteiger partial charge in [0, 0.05) is 6.04 Å². The van der Waals surface area contributed by atoms with Crippen LogP contribution in [0, 0.1) is 11.8 Å². The molecule has 2 N–H and O–H groups in total. The van der Waals surface area contributed by atoms with Gasteiger partial charge < -0.3 is 10.4 Å². The van der Waals surface area contributed by atoms with Crippen LogP contribution < -0.4 is 5.32 Å². The minimum atomic E-state index is -0.557. The molecule has 0 aromatic rings. The Morgan fingerprint density at radius 1 is 1.00 bits per heavy atom. The van der Waals surface area contributed by atoms with Gasteiger partial charge in [0.1, 0.15) is 0 Å². The third kappa shape index (κ3) is 5.53. The number of hydrogen-bond acceptors (Lipinski definition) is 2. The summed E-state index contributed by atoms with van der Waals surface area (Å²) in [6, 6.07) is 0.173. The van der Waals surface area contributed by atoms with Gasteiger partial charge in [0.25, 0.3) is 0 Å². The van der Waals surface area contributed by atoms with Crippen molar-refractivity contribution >= 4 is 0 Å². The Morgan fingerprint density at radius 2 is 1.40 bits per heavy atom. The first-order valence-electron chi connectivity index (χ1n) is 6.27. The van der Waals surface area contributed by atoms with Crippen LogP contribution in [-0.2, 0) is 0 Å². The Kier molecular flexibility index (Phi) is 6.46. The lowest BCUT2D eigenvalue weighted by Gasteiger charge is -2.37. The van der Waals surface area contributed by atoms with Crippen LogP contribution in [0.1, 0.15) is 54.4 Å². The summed E-state index contributed by atoms with van der Waals surface area (Å²) in [4.78, 5) is 0. The van der Waals surface area contributed by atoms with E-state index in [-0.39, 0.29) is 6.04 Å². The van der Waals surface area contributed by atoms with Crippen molar-refractivity contribution in [3.63, 3.8) is 0 Å². The molecule has 0 aromatic heterocycles. The number of rotatable bonds is 7. The van der Waals surface area contributed by atoms with E-state index >= 15 is 0 Å². The average molecular weight is 215 g/mol. The van der Waals surface area contributed by atoms with Gasteiger partial charge in [-0.25, -0.2) is 0 Å². The van der Waals surface area contributed by atoms with Gasteiger partial charge in [-0.1, -0.05) is 34.6 Å². The molecule has 0 aliphatic carbocycles. The summed E-state index contributed by atoms with van der Waals surface area (Å²) >= 11 is 0. The van der Waals surface area contributed by atoms with Crippen LogP contribution in [0.15, 0.2) is 0 Å². The Bertz CT molecular complexity index is 156. The maximum absolute atomic E-state index is 10.7. The van der Waals surface area contributed by atoms with Crippen molar-refractivity contribution in [3.05, 3.63) is 0 Å². The Morgan fingerprint density at radius 3 is 1.67 bits per heavy atom. The van der Waals surface area contributed by atoms with E-state index in [0.29, 0.717) is 11.8 Å². The van der Waals surface area contributed by atoms with E-state index < -0.39 is 5.60 Å². The van der Waals surface area contributed by atoms with Gasteiger partial charge in [0.2, 0.25) is 0 Å². The zero-order chi connectivity index (χ0) is 12.1. The normalized spacial score (nSPS) is 15.0. The second kappa shape index (κ2) is 6.49. The van der Waals surface area contributed by atoms with Crippen molar-refractivity contribution in [3.8, 4) is 0 Å². The van der Waals surface area contributed by atoms with Crippen LogP contribution in [0.2, 0.25) is 0 Å². The number of aliphatic hydroxyl groups is 1. The van der Waals surface area contributed by atoms with Gasteiger partial charge in [-0.05, 0) is 38.1 Å². The molecule has 0 fully saturated rings. The molecule has 1 unspecified atom stereocenters. The van der Waals surface area contributed by atoms with Crippen molar-refractivity contribution in [2.75, 3.05) is 6.54 Å². The highest BCUT2D eigenvalue weighted by Gasteiger charge is 2.34. The number of hydrogen-bond donors (Lipinski definition) is 2. The quantitative estimate of drug-likeness (QED) is 0.684. The van der Waals surface area contributed by atoms with Crippen LogP contribution in [0.3, 0.4) is 0 Å². The second-order valence-electron chi connectivity index (χ2n) is 5.58. The van der Waals surface area contributed by atoms with E-state index in [4.69, 9.17) is 0 Å². The highest BCUT2D eigenvalue weighted by atomic mass is 16.3. The van der Waals surface area contributed by atoms with Gasteiger partial charge in [-0.3, -0.25) is 0 Å². The fourth-order valence-electron chi connectivity index (χ4n) is 2.35. The maximum Gasteiger partial charge on any atom is 0.0802 e. The highest BCUT2D eigenvalue weighted by molar-refractivity contribution is 4.90. The van der Waals surface area contributed by atoms with Crippen LogP contribution in [0.4, 0.5) is 0 Å². The van der Waals surface area contributed by atoms with Gasteiger partial charge in [-0.15, -0.1) is 0 Å². The van der Waals surface area contributed by atoms with E-state index in [1.54, 1.807) is 0 Å². The van der Waals surface area contributed by atoms with Crippen molar-refractivity contribution < 1.29 is 5.11 Å². The molecule has 0 heterocycles. The predicted molar refractivity (Wildman–Crippen MR) is 67.0 cm³/mol. The molecule has 1 atom stereocenters. The molecule has 2 heteroatoms. The summed E-state index contributed by atoms with van der Waals surface area (Å²) in [6.45, 7) is 13.8. The van der Waals surface area contributed by atoms with Crippen LogP contribution in [0.5, 0.6) is 0 Å². The largest absolute Gasteiger partial charge is 0.388 e. The van der Waals surface area contributed by atoms with E-state index in [9.17, 15) is 5.11 Å². The molecular formula is C13H29NO. The minimum Gasteiger partial charge on any atom is -0.388 e. The number of likely N-dealkylation sites (N-methyl/N-ethyl adjacent to an activating group) is 1. The standard InChI is InChI=1S/C13H29NO/c1-7-14-12(6)13(15,8-10(2)3)9-11(4)5/h10-12,14-15H,7-9H2,1-6H3. The zero-order valence-electron chi connectivity index (χ0n) is 11.3. The lowest BCUT2D eigenvalue weighted by atomic mass is 9.80. The molecule has 15 heavy (non-hydrogen) atoms. The van der Waals surface area contributed by atoms with Crippen LogP contribution in [-0.4, -0.2) is 23.3 Å². The van der Waals surface area contributed by atoms with Gasteiger partial charge in [-0.2, -0.15) is 0 Å². The summed E-state index contributed by atoms with van der Waals surface area (Å²) < 4.78 is 0. The fourth-order valence-corrected chi connectivity index (χ4v) is 2.35.